The van der Waals surface area contributed by atoms with Crippen molar-refractivity contribution in [1.29, 1.82) is 0 Å². The maximum atomic E-state index is 13.8. The monoisotopic (exact) mass is 482 g/mol. The quantitative estimate of drug-likeness (QED) is 0.264. The second-order valence-electron chi connectivity index (χ2n) is 9.09. The molecule has 7 heteroatoms. The average Bonchev–Trinajstić information content (AvgIpc) is 3.30. The molecule has 3 N–H and O–H groups in total. The number of amides is 1. The van der Waals surface area contributed by atoms with Crippen LogP contribution < -0.4 is 15.5 Å². The molecule has 4 aromatic rings. The Bertz CT molecular complexity index is 1410. The van der Waals surface area contributed by atoms with Crippen LogP contribution in [0.25, 0.3) is 22.0 Å². The van der Waals surface area contributed by atoms with E-state index >= 15 is 0 Å². The fourth-order valence-electron chi connectivity index (χ4n) is 4.62. The van der Waals surface area contributed by atoms with Gasteiger partial charge in [-0.25, -0.2) is 4.79 Å². The van der Waals surface area contributed by atoms with Gasteiger partial charge in [-0.3, -0.25) is 4.79 Å². The van der Waals surface area contributed by atoms with Gasteiger partial charge >= 0.3 is 5.97 Å². The van der Waals surface area contributed by atoms with Crippen molar-refractivity contribution in [2.75, 3.05) is 37.0 Å². The summed E-state index contributed by atoms with van der Waals surface area (Å²) in [6.45, 7) is 3.48. The molecule has 0 bridgehead atoms. The molecule has 36 heavy (non-hydrogen) atoms. The van der Waals surface area contributed by atoms with Gasteiger partial charge in [-0.2, -0.15) is 0 Å². The lowest BCUT2D eigenvalue weighted by Crippen LogP contribution is -2.32. The fourth-order valence-corrected chi connectivity index (χ4v) is 4.62. The second kappa shape index (κ2) is 10.3. The summed E-state index contributed by atoms with van der Waals surface area (Å²) in [4.78, 5) is 31.9. The van der Waals surface area contributed by atoms with E-state index in [1.54, 1.807) is 24.1 Å². The first-order valence-electron chi connectivity index (χ1n) is 12.3. The molecule has 1 aromatic heterocycles. The van der Waals surface area contributed by atoms with Crippen molar-refractivity contribution in [3.05, 3.63) is 84.1 Å². The van der Waals surface area contributed by atoms with E-state index in [1.807, 2.05) is 60.8 Å². The number of anilines is 2. The third-order valence-corrected chi connectivity index (χ3v) is 6.56. The highest BCUT2D eigenvalue weighted by Gasteiger charge is 2.26. The second-order valence-corrected chi connectivity index (χ2v) is 9.09. The molecule has 1 aliphatic rings. The molecule has 5 rings (SSSR count). The molecule has 0 saturated carbocycles. The number of H-pyrrole nitrogens is 1. The van der Waals surface area contributed by atoms with Gasteiger partial charge in [-0.15, -0.1) is 0 Å². The number of aromatic amines is 1. The molecule has 1 amide bonds. The summed E-state index contributed by atoms with van der Waals surface area (Å²) in [6.07, 6.45) is 2.70. The van der Waals surface area contributed by atoms with Crippen molar-refractivity contribution in [1.82, 2.24) is 10.3 Å². The zero-order valence-electron chi connectivity index (χ0n) is 20.5. The molecule has 3 aromatic carbocycles. The minimum atomic E-state index is -0.448. The van der Waals surface area contributed by atoms with E-state index in [0.29, 0.717) is 24.2 Å². The van der Waals surface area contributed by atoms with Gasteiger partial charge in [0, 0.05) is 36.4 Å². The zero-order valence-corrected chi connectivity index (χ0v) is 20.5. The summed E-state index contributed by atoms with van der Waals surface area (Å²) in [5.41, 5.74) is 5.24. The van der Waals surface area contributed by atoms with Crippen LogP contribution in [-0.2, 0) is 4.74 Å². The number of ether oxygens (including phenoxy) is 1. The Kier molecular flexibility index (Phi) is 6.73. The summed E-state index contributed by atoms with van der Waals surface area (Å²) in [5.74, 6) is -0.592. The number of likely N-dealkylation sites (N-methyl/N-ethyl adjacent to an activating group) is 1. The van der Waals surface area contributed by atoms with E-state index in [4.69, 9.17) is 4.74 Å². The lowest BCUT2D eigenvalue weighted by atomic mass is 9.96. The predicted octanol–water partition coefficient (Wildman–Crippen LogP) is 5.06. The summed E-state index contributed by atoms with van der Waals surface area (Å²) < 4.78 is 5.53. The lowest BCUT2D eigenvalue weighted by Gasteiger charge is -2.23. The number of rotatable bonds is 6. The van der Waals surface area contributed by atoms with Gasteiger partial charge < -0.3 is 25.3 Å². The summed E-state index contributed by atoms with van der Waals surface area (Å²) in [5, 5.41) is 7.51. The van der Waals surface area contributed by atoms with Gasteiger partial charge in [0.05, 0.1) is 16.9 Å². The first kappa shape index (κ1) is 23.6. The van der Waals surface area contributed by atoms with Crippen LogP contribution in [0.3, 0.4) is 0 Å². The average molecular weight is 483 g/mol. The maximum Gasteiger partial charge on any atom is 0.338 e. The topological polar surface area (TPSA) is 86.5 Å². The van der Waals surface area contributed by atoms with Crippen LogP contribution in [0.2, 0.25) is 0 Å². The molecule has 1 atom stereocenters. The van der Waals surface area contributed by atoms with Crippen LogP contribution in [0, 0.1) is 0 Å². The van der Waals surface area contributed by atoms with Crippen LogP contribution >= 0.6 is 0 Å². The Labute approximate surface area is 210 Å². The minimum absolute atomic E-state index is 0.143. The third-order valence-electron chi connectivity index (χ3n) is 6.56. The van der Waals surface area contributed by atoms with Crippen LogP contribution in [0.5, 0.6) is 0 Å². The number of nitrogens with zero attached hydrogens (tertiary/aromatic N) is 1. The smallest absolute Gasteiger partial charge is 0.338 e. The predicted molar refractivity (Wildman–Crippen MR) is 144 cm³/mol. The highest BCUT2D eigenvalue weighted by molar-refractivity contribution is 6.10. The third kappa shape index (κ3) is 4.70. The van der Waals surface area contributed by atoms with Crippen molar-refractivity contribution < 1.29 is 14.3 Å². The normalized spacial score (nSPS) is 15.2. The van der Waals surface area contributed by atoms with E-state index in [0.717, 1.165) is 39.8 Å². The van der Waals surface area contributed by atoms with Gasteiger partial charge in [-0.05, 0) is 79.4 Å². The molecule has 1 aliphatic heterocycles. The maximum absolute atomic E-state index is 13.8. The van der Waals surface area contributed by atoms with Crippen molar-refractivity contribution >= 4 is 34.2 Å². The lowest BCUT2D eigenvalue weighted by molar-refractivity contribution is 0.0511. The highest BCUT2D eigenvalue weighted by Crippen LogP contribution is 2.33. The SMILES string of the molecule is CNCCOC(=O)c1cc(C(=O)N2CC[C@H](C)Nc3ccccc32)ccc1-c1ccc2[nH]ccc2c1. The number of hydrogen-bond acceptors (Lipinski definition) is 5. The Morgan fingerprint density at radius 2 is 1.94 bits per heavy atom. The number of nitrogens with one attached hydrogen (secondary N) is 3. The molecule has 0 unspecified atom stereocenters. The standard InChI is InChI=1S/C29H30N4O3/c1-19-12-15-33(27-6-4-3-5-26(27)32-19)28(34)22-7-9-23(24(18-22)29(35)36-16-14-30-2)20-8-10-25-21(17-20)11-13-31-25/h3-11,13,17-19,30-32H,12,14-16H2,1-2H3/t19-/m0/s1. The summed E-state index contributed by atoms with van der Waals surface area (Å²) in [7, 11) is 1.80. The number of carbonyl (C=O) groups excluding carboxylic acids is 2. The fraction of sp³-hybridized carbons (Fsp3) is 0.241. The number of benzene rings is 3. The van der Waals surface area contributed by atoms with Crippen LogP contribution in [0.4, 0.5) is 11.4 Å². The Morgan fingerprint density at radius 3 is 2.81 bits per heavy atom. The molecule has 0 fully saturated rings. The highest BCUT2D eigenvalue weighted by atomic mass is 16.5. The first-order chi connectivity index (χ1) is 17.5. The van der Waals surface area contributed by atoms with E-state index < -0.39 is 5.97 Å². The number of hydrogen-bond donors (Lipinski definition) is 3. The molecule has 7 nitrogen and oxygen atoms in total. The Balaban J connectivity index is 1.54. The van der Waals surface area contributed by atoms with E-state index in [1.165, 1.54) is 0 Å². The number of aromatic nitrogens is 1. The Morgan fingerprint density at radius 1 is 1.08 bits per heavy atom. The van der Waals surface area contributed by atoms with Crippen LogP contribution in [0.1, 0.15) is 34.1 Å². The van der Waals surface area contributed by atoms with Crippen molar-refractivity contribution in [2.24, 2.45) is 0 Å². The minimum Gasteiger partial charge on any atom is -0.461 e. The number of esters is 1. The molecule has 0 spiro atoms. The molecule has 0 radical (unpaired) electrons. The largest absolute Gasteiger partial charge is 0.461 e. The van der Waals surface area contributed by atoms with Gasteiger partial charge in [0.1, 0.15) is 6.61 Å². The number of carbonyl (C=O) groups is 2. The molecule has 184 valence electrons. The first-order valence-corrected chi connectivity index (χ1v) is 12.3. The van der Waals surface area contributed by atoms with E-state index in [-0.39, 0.29) is 18.6 Å². The van der Waals surface area contributed by atoms with Crippen molar-refractivity contribution in [3.8, 4) is 11.1 Å². The van der Waals surface area contributed by atoms with Crippen LogP contribution in [-0.4, -0.2) is 49.6 Å². The van der Waals surface area contributed by atoms with Crippen molar-refractivity contribution in [3.63, 3.8) is 0 Å². The van der Waals surface area contributed by atoms with Gasteiger partial charge in [0.15, 0.2) is 0 Å². The summed E-state index contributed by atoms with van der Waals surface area (Å²) >= 11 is 0. The zero-order chi connectivity index (χ0) is 25.1. The van der Waals surface area contributed by atoms with E-state index in [2.05, 4.69) is 22.5 Å². The van der Waals surface area contributed by atoms with Gasteiger partial charge in [-0.1, -0.05) is 24.3 Å². The molecular weight excluding hydrogens is 452 g/mol. The van der Waals surface area contributed by atoms with Crippen molar-refractivity contribution in [2.45, 2.75) is 19.4 Å². The molecule has 0 saturated heterocycles. The molecule has 2 heterocycles. The van der Waals surface area contributed by atoms with E-state index in [9.17, 15) is 9.59 Å². The molecular formula is C29H30N4O3. The van der Waals surface area contributed by atoms with Gasteiger partial charge in [0.2, 0.25) is 0 Å². The van der Waals surface area contributed by atoms with Gasteiger partial charge in [0.25, 0.3) is 5.91 Å². The number of para-hydroxylation sites is 2. The summed E-state index contributed by atoms with van der Waals surface area (Å²) in [6, 6.07) is 21.4. The number of fused-ring (bicyclic) bond motifs is 2. The van der Waals surface area contributed by atoms with Crippen LogP contribution in [0.15, 0.2) is 72.9 Å². The molecule has 0 aliphatic carbocycles. The Hall–Kier alpha value is -4.10.